The average Bonchev–Trinajstić information content (AvgIpc) is 3.23. The normalized spacial score (nSPS) is 17.8. The van der Waals surface area contributed by atoms with Gasteiger partial charge in [-0.25, -0.2) is 9.78 Å². The molecule has 1 N–H and O–H groups in total. The molecule has 0 spiro atoms. The first-order valence-corrected chi connectivity index (χ1v) is 8.45. The summed E-state index contributed by atoms with van der Waals surface area (Å²) in [5.41, 5.74) is 1.56. The molecule has 0 saturated carbocycles. The smallest absolute Gasteiger partial charge is 0.321 e. The van der Waals surface area contributed by atoms with E-state index in [1.54, 1.807) is 6.20 Å². The van der Waals surface area contributed by atoms with Crippen LogP contribution in [-0.2, 0) is 6.42 Å². The number of nitrogens with zero attached hydrogens (tertiary/aromatic N) is 5. The minimum atomic E-state index is -0.0812. The predicted octanol–water partition coefficient (Wildman–Crippen LogP) is 2.51. The van der Waals surface area contributed by atoms with Gasteiger partial charge in [0.05, 0.1) is 0 Å². The van der Waals surface area contributed by atoms with Crippen LogP contribution in [-0.4, -0.2) is 43.5 Å². The summed E-state index contributed by atoms with van der Waals surface area (Å²) < 4.78 is 7.10. The summed E-state index contributed by atoms with van der Waals surface area (Å²) >= 11 is 0. The molecule has 0 radical (unpaired) electrons. The van der Waals surface area contributed by atoms with Crippen LogP contribution in [0.2, 0.25) is 0 Å². The fourth-order valence-corrected chi connectivity index (χ4v) is 3.28. The number of likely N-dealkylation sites (tertiary alicyclic amines) is 1. The fourth-order valence-electron chi connectivity index (χ4n) is 3.28. The first kappa shape index (κ1) is 15.6. The molecule has 4 rings (SSSR count). The number of nitrogens with one attached hydrogen (secondary N) is 1. The number of carbonyl (C=O) groups excluding carboxylic acids is 1. The molecule has 1 aliphatic heterocycles. The molecule has 8 heteroatoms. The standard InChI is InChI=1S/C17H20N6O2/c1-12-19-16(25-21-12)9-13-3-2-6-23(11-13)17(24)20-14-4-7-22-8-5-18-15(22)10-14/h4-5,7-8,10,13H,2-3,6,9,11H2,1H3,(H,20,24). The number of amides is 2. The Morgan fingerprint density at radius 3 is 3.20 bits per heavy atom. The Labute approximate surface area is 144 Å². The van der Waals surface area contributed by atoms with Crippen molar-refractivity contribution < 1.29 is 9.32 Å². The van der Waals surface area contributed by atoms with Gasteiger partial charge in [-0.15, -0.1) is 0 Å². The third-order valence-electron chi connectivity index (χ3n) is 4.49. The van der Waals surface area contributed by atoms with Crippen molar-refractivity contribution in [2.24, 2.45) is 5.92 Å². The van der Waals surface area contributed by atoms with Crippen LogP contribution in [0.5, 0.6) is 0 Å². The van der Waals surface area contributed by atoms with Gasteiger partial charge in [-0.1, -0.05) is 5.16 Å². The van der Waals surface area contributed by atoms with Crippen LogP contribution in [0.15, 0.2) is 35.2 Å². The van der Waals surface area contributed by atoms with Crippen molar-refractivity contribution >= 4 is 17.4 Å². The minimum Gasteiger partial charge on any atom is -0.339 e. The Balaban J connectivity index is 1.39. The second-order valence-electron chi connectivity index (χ2n) is 6.43. The van der Waals surface area contributed by atoms with Crippen LogP contribution in [0.25, 0.3) is 5.65 Å². The summed E-state index contributed by atoms with van der Waals surface area (Å²) in [6, 6.07) is 3.65. The highest BCUT2D eigenvalue weighted by Crippen LogP contribution is 2.21. The van der Waals surface area contributed by atoms with E-state index in [9.17, 15) is 4.79 Å². The largest absolute Gasteiger partial charge is 0.339 e. The summed E-state index contributed by atoms with van der Waals surface area (Å²) in [5.74, 6) is 1.64. The maximum Gasteiger partial charge on any atom is 0.321 e. The lowest BCUT2D eigenvalue weighted by atomic mass is 9.95. The molecule has 0 aromatic carbocycles. The van der Waals surface area contributed by atoms with Crippen molar-refractivity contribution in [3.63, 3.8) is 0 Å². The number of fused-ring (bicyclic) bond motifs is 1. The molecule has 4 heterocycles. The maximum absolute atomic E-state index is 12.6. The van der Waals surface area contributed by atoms with Gasteiger partial charge < -0.3 is 19.1 Å². The Bertz CT molecular complexity index is 886. The SMILES string of the molecule is Cc1noc(CC2CCCN(C(=O)Nc3ccn4ccnc4c3)C2)n1. The zero-order chi connectivity index (χ0) is 17.2. The number of hydrogen-bond acceptors (Lipinski definition) is 5. The predicted molar refractivity (Wildman–Crippen MR) is 91.2 cm³/mol. The van der Waals surface area contributed by atoms with Gasteiger partial charge in [-0.2, -0.15) is 4.98 Å². The number of aryl methyl sites for hydroxylation is 1. The van der Waals surface area contributed by atoms with Crippen molar-refractivity contribution in [2.75, 3.05) is 18.4 Å². The number of urea groups is 1. The number of piperidine rings is 1. The third kappa shape index (κ3) is 3.47. The molecule has 1 unspecified atom stereocenters. The first-order chi connectivity index (χ1) is 12.2. The van der Waals surface area contributed by atoms with Crippen LogP contribution in [0.1, 0.15) is 24.6 Å². The molecule has 8 nitrogen and oxygen atoms in total. The molecule has 0 bridgehead atoms. The molecule has 25 heavy (non-hydrogen) atoms. The molecule has 1 saturated heterocycles. The van der Waals surface area contributed by atoms with E-state index in [-0.39, 0.29) is 6.03 Å². The van der Waals surface area contributed by atoms with Crippen LogP contribution < -0.4 is 5.32 Å². The molecule has 1 fully saturated rings. The highest BCUT2D eigenvalue weighted by molar-refractivity contribution is 5.89. The monoisotopic (exact) mass is 340 g/mol. The summed E-state index contributed by atoms with van der Waals surface area (Å²) in [7, 11) is 0. The molecule has 1 aliphatic rings. The fraction of sp³-hybridized carbons (Fsp3) is 0.412. The van der Waals surface area contributed by atoms with E-state index in [1.165, 1.54) is 0 Å². The van der Waals surface area contributed by atoms with E-state index in [0.717, 1.165) is 30.7 Å². The van der Waals surface area contributed by atoms with E-state index >= 15 is 0 Å². The van der Waals surface area contributed by atoms with E-state index < -0.39 is 0 Å². The van der Waals surface area contributed by atoms with Gasteiger partial charge in [0.1, 0.15) is 5.65 Å². The first-order valence-electron chi connectivity index (χ1n) is 8.45. The lowest BCUT2D eigenvalue weighted by Crippen LogP contribution is -2.42. The quantitative estimate of drug-likeness (QED) is 0.791. The van der Waals surface area contributed by atoms with Gasteiger partial charge in [0.25, 0.3) is 0 Å². The number of pyridine rings is 1. The lowest BCUT2D eigenvalue weighted by Gasteiger charge is -2.32. The minimum absolute atomic E-state index is 0.0812. The van der Waals surface area contributed by atoms with Gasteiger partial charge >= 0.3 is 6.03 Å². The number of rotatable bonds is 3. The van der Waals surface area contributed by atoms with Gasteiger partial charge in [0, 0.05) is 49.9 Å². The second-order valence-corrected chi connectivity index (χ2v) is 6.43. The number of hydrogen-bond donors (Lipinski definition) is 1. The van der Waals surface area contributed by atoms with Crippen molar-refractivity contribution in [3.8, 4) is 0 Å². The molecule has 2 amide bonds. The molecule has 3 aromatic heterocycles. The molecular formula is C17H20N6O2. The van der Waals surface area contributed by atoms with Crippen LogP contribution in [0, 0.1) is 12.8 Å². The summed E-state index contributed by atoms with van der Waals surface area (Å²) in [5, 5.41) is 6.79. The van der Waals surface area contributed by atoms with E-state index in [0.29, 0.717) is 30.6 Å². The van der Waals surface area contributed by atoms with Gasteiger partial charge in [0.2, 0.25) is 5.89 Å². The van der Waals surface area contributed by atoms with Gasteiger partial charge in [-0.05, 0) is 31.7 Å². The van der Waals surface area contributed by atoms with Crippen LogP contribution in [0.4, 0.5) is 10.5 Å². The number of imidazole rings is 1. The zero-order valence-electron chi connectivity index (χ0n) is 14.1. The second kappa shape index (κ2) is 6.54. The Morgan fingerprint density at radius 2 is 2.36 bits per heavy atom. The van der Waals surface area contributed by atoms with E-state index in [2.05, 4.69) is 20.4 Å². The molecule has 3 aromatic rings. The molecule has 1 atom stereocenters. The summed E-state index contributed by atoms with van der Waals surface area (Å²) in [6.45, 7) is 3.26. The molecular weight excluding hydrogens is 320 g/mol. The lowest BCUT2D eigenvalue weighted by molar-refractivity contribution is 0.173. The highest BCUT2D eigenvalue weighted by atomic mass is 16.5. The zero-order valence-corrected chi connectivity index (χ0v) is 14.1. The third-order valence-corrected chi connectivity index (χ3v) is 4.49. The molecule has 130 valence electrons. The average molecular weight is 340 g/mol. The van der Waals surface area contributed by atoms with Gasteiger partial charge in [-0.3, -0.25) is 0 Å². The number of aromatic nitrogens is 4. The van der Waals surface area contributed by atoms with Crippen molar-refractivity contribution in [3.05, 3.63) is 42.4 Å². The Kier molecular flexibility index (Phi) is 4.09. The topological polar surface area (TPSA) is 88.6 Å². The van der Waals surface area contributed by atoms with Crippen LogP contribution in [0.3, 0.4) is 0 Å². The number of carbonyl (C=O) groups is 1. The van der Waals surface area contributed by atoms with Gasteiger partial charge in [0.15, 0.2) is 5.82 Å². The number of anilines is 1. The highest BCUT2D eigenvalue weighted by Gasteiger charge is 2.25. The molecule has 0 aliphatic carbocycles. The van der Waals surface area contributed by atoms with Crippen molar-refractivity contribution in [1.29, 1.82) is 0 Å². The van der Waals surface area contributed by atoms with Crippen molar-refractivity contribution in [2.45, 2.75) is 26.2 Å². The summed E-state index contributed by atoms with van der Waals surface area (Å²) in [6.07, 6.45) is 8.24. The Hall–Kier alpha value is -2.90. The van der Waals surface area contributed by atoms with E-state index in [4.69, 9.17) is 4.52 Å². The van der Waals surface area contributed by atoms with E-state index in [1.807, 2.05) is 40.8 Å². The Morgan fingerprint density at radius 1 is 1.44 bits per heavy atom. The summed E-state index contributed by atoms with van der Waals surface area (Å²) in [4.78, 5) is 22.9. The van der Waals surface area contributed by atoms with Crippen LogP contribution >= 0.6 is 0 Å². The maximum atomic E-state index is 12.6. The van der Waals surface area contributed by atoms with Crippen molar-refractivity contribution in [1.82, 2.24) is 24.4 Å².